The Labute approximate surface area is 214 Å². The lowest BCUT2D eigenvalue weighted by Gasteiger charge is -2.42. The Balaban J connectivity index is 1.35. The lowest BCUT2D eigenvalue weighted by Crippen LogP contribution is -2.54. The van der Waals surface area contributed by atoms with E-state index in [0.29, 0.717) is 23.3 Å². The molecule has 5 rings (SSSR count). The Bertz CT molecular complexity index is 1070. The number of piperidine rings is 1. The van der Waals surface area contributed by atoms with Gasteiger partial charge in [-0.1, -0.05) is 33.1 Å². The number of nitrogens with one attached hydrogen (secondary N) is 2. The Morgan fingerprint density at radius 1 is 1.14 bits per heavy atom. The van der Waals surface area contributed by atoms with Crippen LogP contribution in [-0.4, -0.2) is 45.2 Å². The predicted octanol–water partition coefficient (Wildman–Crippen LogP) is 4.54. The molecular formula is C28H40N6O2. The molecule has 3 atom stereocenters. The molecule has 3 heterocycles. The second-order valence-electron chi connectivity index (χ2n) is 11.3. The number of rotatable bonds is 9. The van der Waals surface area contributed by atoms with E-state index in [1.807, 2.05) is 12.1 Å². The zero-order valence-corrected chi connectivity index (χ0v) is 21.9. The lowest BCUT2D eigenvalue weighted by molar-refractivity contribution is -0.121. The van der Waals surface area contributed by atoms with E-state index in [1.54, 1.807) is 30.2 Å². The fourth-order valence-corrected chi connectivity index (χ4v) is 6.28. The molecule has 3 aliphatic rings. The topological polar surface area (TPSA) is 92.2 Å². The smallest absolute Gasteiger partial charge is 0.270 e. The van der Waals surface area contributed by atoms with Crippen molar-refractivity contribution >= 4 is 23.3 Å². The third-order valence-electron chi connectivity index (χ3n) is 8.89. The van der Waals surface area contributed by atoms with Gasteiger partial charge in [0.15, 0.2) is 0 Å². The van der Waals surface area contributed by atoms with Gasteiger partial charge in [-0.15, -0.1) is 0 Å². The van der Waals surface area contributed by atoms with E-state index in [2.05, 4.69) is 34.5 Å². The van der Waals surface area contributed by atoms with Crippen molar-refractivity contribution in [3.8, 4) is 0 Å². The van der Waals surface area contributed by atoms with Crippen LogP contribution in [0.1, 0.15) is 82.1 Å². The normalized spacial score (nSPS) is 22.9. The summed E-state index contributed by atoms with van der Waals surface area (Å²) in [6.07, 6.45) is 13.8. The quantitative estimate of drug-likeness (QED) is 0.536. The van der Waals surface area contributed by atoms with Gasteiger partial charge in [-0.2, -0.15) is 5.10 Å². The van der Waals surface area contributed by atoms with Crippen LogP contribution in [0, 0.1) is 17.3 Å². The van der Waals surface area contributed by atoms with Crippen LogP contribution in [0.15, 0.2) is 30.6 Å². The molecule has 1 saturated heterocycles. The fraction of sp³-hybridized carbons (Fsp3) is 0.643. The highest BCUT2D eigenvalue weighted by Crippen LogP contribution is 2.58. The summed E-state index contributed by atoms with van der Waals surface area (Å²) in [5.41, 5.74) is 1.22. The van der Waals surface area contributed by atoms with Crippen LogP contribution in [0.25, 0.3) is 0 Å². The fourth-order valence-electron chi connectivity index (χ4n) is 6.28. The molecule has 0 aromatic carbocycles. The van der Waals surface area contributed by atoms with Crippen LogP contribution in [0.2, 0.25) is 0 Å². The molecule has 1 unspecified atom stereocenters. The first kappa shape index (κ1) is 24.8. The lowest BCUT2D eigenvalue weighted by atomic mass is 9.66. The van der Waals surface area contributed by atoms with Gasteiger partial charge >= 0.3 is 0 Å². The summed E-state index contributed by atoms with van der Waals surface area (Å²) >= 11 is 0. The molecule has 36 heavy (non-hydrogen) atoms. The zero-order valence-electron chi connectivity index (χ0n) is 21.9. The van der Waals surface area contributed by atoms with Crippen LogP contribution in [0.5, 0.6) is 0 Å². The van der Waals surface area contributed by atoms with E-state index in [1.165, 1.54) is 25.7 Å². The Hall–Kier alpha value is -2.90. The molecule has 8 heteroatoms. The van der Waals surface area contributed by atoms with Crippen molar-refractivity contribution in [2.45, 2.75) is 83.7 Å². The van der Waals surface area contributed by atoms with E-state index < -0.39 is 6.04 Å². The molecular weight excluding hydrogens is 452 g/mol. The van der Waals surface area contributed by atoms with E-state index in [-0.39, 0.29) is 23.1 Å². The number of amides is 2. The second-order valence-corrected chi connectivity index (χ2v) is 11.3. The van der Waals surface area contributed by atoms with Crippen molar-refractivity contribution in [3.63, 3.8) is 0 Å². The summed E-state index contributed by atoms with van der Waals surface area (Å²) in [4.78, 5) is 34.0. The predicted molar refractivity (Wildman–Crippen MR) is 141 cm³/mol. The van der Waals surface area contributed by atoms with E-state index in [9.17, 15) is 9.59 Å². The molecule has 3 fully saturated rings. The summed E-state index contributed by atoms with van der Waals surface area (Å²) in [6, 6.07) is 5.57. The minimum Gasteiger partial charge on any atom is -0.354 e. The average molecular weight is 493 g/mol. The largest absolute Gasteiger partial charge is 0.354 e. The average Bonchev–Trinajstić information content (AvgIpc) is 3.45. The van der Waals surface area contributed by atoms with E-state index >= 15 is 0 Å². The van der Waals surface area contributed by atoms with Crippen molar-refractivity contribution in [1.29, 1.82) is 0 Å². The second kappa shape index (κ2) is 10.2. The highest BCUT2D eigenvalue weighted by atomic mass is 16.2. The number of carbonyl (C=O) groups excluding carboxylic acids is 2. The van der Waals surface area contributed by atoms with Crippen molar-refractivity contribution in [2.24, 2.45) is 24.3 Å². The standard InChI is InChI=1S/C28H40N6O2/c1-4-21-10-5-6-17-34(21)23-12-11-20(18-29-23)31-27(36)25(32-26(35)22-13-16-30-33(22)3)24(19-8-7-9-19)28(2)14-15-28/h11-13,16,18-19,21,24-25H,4-10,14-15,17H2,1-3H3,(H,31,36)(H,32,35)/t21-,24?,25-/m0/s1. The van der Waals surface area contributed by atoms with Crippen LogP contribution in [0.4, 0.5) is 11.5 Å². The first-order chi connectivity index (χ1) is 17.4. The number of carbonyl (C=O) groups is 2. The van der Waals surface area contributed by atoms with Gasteiger partial charge in [0.1, 0.15) is 17.6 Å². The number of aryl methyl sites for hydroxylation is 1. The van der Waals surface area contributed by atoms with Gasteiger partial charge in [0.2, 0.25) is 5.91 Å². The Morgan fingerprint density at radius 3 is 2.53 bits per heavy atom. The van der Waals surface area contributed by atoms with Gasteiger partial charge in [0.05, 0.1) is 11.9 Å². The van der Waals surface area contributed by atoms with Gasteiger partial charge in [0, 0.05) is 25.8 Å². The van der Waals surface area contributed by atoms with Crippen LogP contribution in [-0.2, 0) is 11.8 Å². The molecule has 2 aromatic rings. The molecule has 0 radical (unpaired) electrons. The maximum absolute atomic E-state index is 13.8. The van der Waals surface area contributed by atoms with E-state index in [0.717, 1.165) is 44.5 Å². The zero-order chi connectivity index (χ0) is 25.3. The summed E-state index contributed by atoms with van der Waals surface area (Å²) in [7, 11) is 1.74. The molecule has 2 saturated carbocycles. The van der Waals surface area contributed by atoms with Crippen molar-refractivity contribution in [3.05, 3.63) is 36.3 Å². The van der Waals surface area contributed by atoms with Crippen molar-refractivity contribution in [2.75, 3.05) is 16.8 Å². The third-order valence-corrected chi connectivity index (χ3v) is 8.89. The summed E-state index contributed by atoms with van der Waals surface area (Å²) in [5, 5.41) is 10.3. The van der Waals surface area contributed by atoms with Crippen LogP contribution in [0.3, 0.4) is 0 Å². The Morgan fingerprint density at radius 2 is 1.94 bits per heavy atom. The first-order valence-electron chi connectivity index (χ1n) is 13.7. The van der Waals surface area contributed by atoms with Gasteiger partial charge in [-0.3, -0.25) is 14.3 Å². The maximum Gasteiger partial charge on any atom is 0.270 e. The number of pyridine rings is 1. The highest BCUT2D eigenvalue weighted by molar-refractivity contribution is 6.00. The molecule has 0 bridgehead atoms. The molecule has 2 amide bonds. The summed E-state index contributed by atoms with van der Waals surface area (Å²) < 4.78 is 1.55. The van der Waals surface area contributed by atoms with Crippen LogP contribution < -0.4 is 15.5 Å². The van der Waals surface area contributed by atoms with Crippen LogP contribution >= 0.6 is 0 Å². The van der Waals surface area contributed by atoms with Gasteiger partial charge in [-0.25, -0.2) is 4.98 Å². The minimum absolute atomic E-state index is 0.0956. The Kier molecular flexibility index (Phi) is 7.04. The van der Waals surface area contributed by atoms with Crippen molar-refractivity contribution < 1.29 is 9.59 Å². The summed E-state index contributed by atoms with van der Waals surface area (Å²) in [6.45, 7) is 5.53. The van der Waals surface area contributed by atoms with Gasteiger partial charge < -0.3 is 15.5 Å². The number of hydrogen-bond acceptors (Lipinski definition) is 5. The number of hydrogen-bond donors (Lipinski definition) is 2. The number of anilines is 2. The first-order valence-corrected chi connectivity index (χ1v) is 13.7. The summed E-state index contributed by atoms with van der Waals surface area (Å²) in [5.74, 6) is 1.14. The molecule has 0 spiro atoms. The number of aromatic nitrogens is 3. The molecule has 2 aromatic heterocycles. The molecule has 2 aliphatic carbocycles. The molecule has 194 valence electrons. The monoisotopic (exact) mass is 492 g/mol. The minimum atomic E-state index is -0.601. The van der Waals surface area contributed by atoms with Crippen molar-refractivity contribution in [1.82, 2.24) is 20.1 Å². The maximum atomic E-state index is 13.8. The van der Waals surface area contributed by atoms with E-state index in [4.69, 9.17) is 4.98 Å². The molecule has 2 N–H and O–H groups in total. The SMILES string of the molecule is CC[C@H]1CCCCN1c1ccc(NC(=O)[C@@H](NC(=O)c2ccnn2C)C(C2CCC2)C2(C)CC2)cn1. The third kappa shape index (κ3) is 5.00. The van der Waals surface area contributed by atoms with Gasteiger partial charge in [-0.05, 0) is 74.0 Å². The number of nitrogens with zero attached hydrogens (tertiary/aromatic N) is 4. The highest BCUT2D eigenvalue weighted by Gasteiger charge is 2.54. The molecule has 8 nitrogen and oxygen atoms in total. The van der Waals surface area contributed by atoms with Gasteiger partial charge in [0.25, 0.3) is 5.91 Å². The molecule has 1 aliphatic heterocycles.